The summed E-state index contributed by atoms with van der Waals surface area (Å²) in [6.07, 6.45) is -3.29. The van der Waals surface area contributed by atoms with Crippen LogP contribution in [0.1, 0.15) is 44.0 Å². The minimum atomic E-state index is -4.37. The van der Waals surface area contributed by atoms with Gasteiger partial charge in [-0.15, -0.1) is 5.10 Å². The molecule has 0 N–H and O–H groups in total. The highest BCUT2D eigenvalue weighted by atomic mass is 35.5. The van der Waals surface area contributed by atoms with E-state index < -0.39 is 26.0 Å². The number of halogens is 4. The van der Waals surface area contributed by atoms with Crippen molar-refractivity contribution in [1.29, 1.82) is 0 Å². The lowest BCUT2D eigenvalue weighted by Crippen LogP contribution is -2.51. The number of rotatable bonds is 8. The van der Waals surface area contributed by atoms with Gasteiger partial charge in [-0.3, -0.25) is 4.79 Å². The fourth-order valence-corrected chi connectivity index (χ4v) is 4.64. The van der Waals surface area contributed by atoms with Gasteiger partial charge >= 0.3 is 6.18 Å². The largest absolute Gasteiger partial charge is 0.474 e. The van der Waals surface area contributed by atoms with Gasteiger partial charge in [0.05, 0.1) is 17.1 Å². The van der Waals surface area contributed by atoms with Gasteiger partial charge in [-0.25, -0.2) is 9.67 Å². The van der Waals surface area contributed by atoms with Crippen molar-refractivity contribution in [2.45, 2.75) is 64.0 Å². The smallest absolute Gasteiger partial charge is 0.397 e. The lowest BCUT2D eigenvalue weighted by atomic mass is 9.99. The predicted octanol–water partition coefficient (Wildman–Crippen LogP) is 5.84. The summed E-state index contributed by atoms with van der Waals surface area (Å²) in [5.41, 5.74) is -1.64. The summed E-state index contributed by atoms with van der Waals surface area (Å²) in [4.78, 5) is 15.0. The molecule has 0 saturated heterocycles. The maximum atomic E-state index is 13.9. The number of ether oxygens (including phenoxy) is 1. The Kier molecular flexibility index (Phi) is 6.53. The fraction of sp³-hybridized carbons (Fsp3) is 0.571. The monoisotopic (exact) mass is 489 g/mol. The van der Waals surface area contributed by atoms with Crippen LogP contribution < -0.4 is 4.74 Å². The van der Waals surface area contributed by atoms with E-state index in [0.717, 1.165) is 0 Å². The summed E-state index contributed by atoms with van der Waals surface area (Å²) in [7, 11) is -2.48. The van der Waals surface area contributed by atoms with E-state index >= 15 is 0 Å². The second kappa shape index (κ2) is 8.46. The zero-order valence-electron chi connectivity index (χ0n) is 18.7. The first kappa shape index (κ1) is 24.7. The molecule has 1 atom stereocenters. The normalized spacial score (nSPS) is 17.2. The van der Waals surface area contributed by atoms with Crippen molar-refractivity contribution in [3.05, 3.63) is 35.1 Å². The highest BCUT2D eigenvalue weighted by Gasteiger charge is 2.68. The molecular formula is C21H27ClF3N3O3Si. The van der Waals surface area contributed by atoms with Gasteiger partial charge in [0.25, 0.3) is 0 Å². The Morgan fingerprint density at radius 3 is 2.41 bits per heavy atom. The molecule has 2 aromatic heterocycles. The zero-order valence-corrected chi connectivity index (χ0v) is 20.4. The number of carbonyl (C=O) groups excluding carboxylic acids is 1. The molecule has 1 saturated carbocycles. The summed E-state index contributed by atoms with van der Waals surface area (Å²) in [6, 6.07) is 4.58. The number of aromatic nitrogens is 3. The highest BCUT2D eigenvalue weighted by Crippen LogP contribution is 2.61. The Morgan fingerprint density at radius 1 is 1.25 bits per heavy atom. The highest BCUT2D eigenvalue weighted by molar-refractivity contribution is 6.74. The lowest BCUT2D eigenvalue weighted by molar-refractivity contribution is -0.215. The average Bonchev–Trinajstić information content (AvgIpc) is 3.37. The molecule has 176 valence electrons. The minimum absolute atomic E-state index is 0.0269. The van der Waals surface area contributed by atoms with Crippen LogP contribution in [0.25, 0.3) is 5.82 Å². The molecular weight excluding hydrogens is 463 g/mol. The number of hydrogen-bond donors (Lipinski definition) is 0. The van der Waals surface area contributed by atoms with Crippen molar-refractivity contribution in [1.82, 2.24) is 14.8 Å². The van der Waals surface area contributed by atoms with Gasteiger partial charge in [-0.2, -0.15) is 13.2 Å². The topological polar surface area (TPSA) is 66.2 Å². The van der Waals surface area contributed by atoms with Gasteiger partial charge in [-0.05, 0) is 43.1 Å². The van der Waals surface area contributed by atoms with E-state index in [0.29, 0.717) is 12.1 Å². The molecule has 2 aromatic rings. The van der Waals surface area contributed by atoms with Crippen LogP contribution in [-0.4, -0.2) is 48.3 Å². The molecule has 0 radical (unpaired) electrons. The zero-order chi connectivity index (χ0) is 23.9. The van der Waals surface area contributed by atoms with Crippen LogP contribution in [0.2, 0.25) is 23.3 Å². The number of pyridine rings is 1. The van der Waals surface area contributed by atoms with Crippen LogP contribution in [0.15, 0.2) is 24.4 Å². The summed E-state index contributed by atoms with van der Waals surface area (Å²) in [5, 5.41) is 4.00. The number of aldehydes is 1. The molecule has 0 amide bonds. The first-order chi connectivity index (χ1) is 14.7. The molecule has 1 fully saturated rings. The van der Waals surface area contributed by atoms with Gasteiger partial charge < -0.3 is 9.16 Å². The average molecular weight is 490 g/mol. The van der Waals surface area contributed by atoms with Crippen LogP contribution in [0.5, 0.6) is 5.88 Å². The van der Waals surface area contributed by atoms with Gasteiger partial charge in [0, 0.05) is 12.3 Å². The van der Waals surface area contributed by atoms with Crippen LogP contribution in [-0.2, 0) is 4.43 Å². The molecule has 1 unspecified atom stereocenters. The fourth-order valence-electron chi connectivity index (χ4n) is 3.09. The van der Waals surface area contributed by atoms with Crippen molar-refractivity contribution < 1.29 is 27.1 Å². The molecule has 6 nitrogen and oxygen atoms in total. The summed E-state index contributed by atoms with van der Waals surface area (Å²) in [6.45, 7) is 9.56. The van der Waals surface area contributed by atoms with Crippen LogP contribution in [0.3, 0.4) is 0 Å². The van der Waals surface area contributed by atoms with Crippen molar-refractivity contribution in [2.24, 2.45) is 5.41 Å². The number of hydrogen-bond acceptors (Lipinski definition) is 5. The molecule has 1 aliphatic carbocycles. The number of nitrogens with zero attached hydrogens (tertiary/aromatic N) is 3. The Morgan fingerprint density at radius 2 is 1.91 bits per heavy atom. The second-order valence-electron chi connectivity index (χ2n) is 9.60. The quantitative estimate of drug-likeness (QED) is 0.264. The van der Waals surface area contributed by atoms with Crippen molar-refractivity contribution in [3.8, 4) is 11.7 Å². The van der Waals surface area contributed by atoms with Crippen molar-refractivity contribution >= 4 is 26.2 Å². The van der Waals surface area contributed by atoms with E-state index in [-0.39, 0.29) is 41.1 Å². The molecule has 2 heterocycles. The molecule has 3 rings (SSSR count). The van der Waals surface area contributed by atoms with Crippen molar-refractivity contribution in [3.63, 3.8) is 0 Å². The minimum Gasteiger partial charge on any atom is -0.474 e. The number of alkyl halides is 3. The molecule has 0 aromatic carbocycles. The Labute approximate surface area is 191 Å². The van der Waals surface area contributed by atoms with E-state index in [9.17, 15) is 18.0 Å². The van der Waals surface area contributed by atoms with Crippen LogP contribution in [0.4, 0.5) is 13.2 Å². The number of carbonyl (C=O) groups is 1. The lowest BCUT2D eigenvalue weighted by Gasteiger charge is -2.41. The molecule has 11 heteroatoms. The maximum Gasteiger partial charge on any atom is 0.397 e. The predicted molar refractivity (Wildman–Crippen MR) is 117 cm³/mol. The van der Waals surface area contributed by atoms with Gasteiger partial charge in [0.15, 0.2) is 20.4 Å². The molecule has 32 heavy (non-hydrogen) atoms. The van der Waals surface area contributed by atoms with Gasteiger partial charge in [0.1, 0.15) is 11.8 Å². The second-order valence-corrected chi connectivity index (χ2v) is 14.7. The first-order valence-corrected chi connectivity index (χ1v) is 13.5. The standard InChI is InChI=1S/C21H27ClF3N3O3Si/c1-19(2,3)32(4,5)31-15(20(9-10-20)21(23,24)25)13-30-17-8-11-28(27-17)16-7-6-14(12-29)18(22)26-16/h6-8,11-12,15H,9-10,13H2,1-5H3. The Bertz CT molecular complexity index is 985. The van der Waals surface area contributed by atoms with Crippen LogP contribution in [0, 0.1) is 5.41 Å². The maximum absolute atomic E-state index is 13.9. The molecule has 1 aliphatic rings. The van der Waals surface area contributed by atoms with E-state index in [2.05, 4.69) is 10.1 Å². The third-order valence-corrected chi connectivity index (χ3v) is 11.2. The van der Waals surface area contributed by atoms with E-state index in [1.54, 1.807) is 12.3 Å². The first-order valence-electron chi connectivity index (χ1n) is 10.3. The molecule has 0 bridgehead atoms. The van der Waals surface area contributed by atoms with E-state index in [1.165, 1.54) is 16.8 Å². The van der Waals surface area contributed by atoms with Gasteiger partial charge in [-0.1, -0.05) is 32.4 Å². The van der Waals surface area contributed by atoms with E-state index in [4.69, 9.17) is 20.8 Å². The summed E-state index contributed by atoms with van der Waals surface area (Å²) in [5.74, 6) is 0.489. The van der Waals surface area contributed by atoms with E-state index in [1.807, 2.05) is 33.9 Å². The van der Waals surface area contributed by atoms with Crippen molar-refractivity contribution in [2.75, 3.05) is 6.61 Å². The Balaban J connectivity index is 1.79. The third-order valence-electron chi connectivity index (χ3n) is 6.38. The Hall–Kier alpha value is -1.91. The SMILES string of the molecule is CC(C)(C)[Si](C)(C)OC(COc1ccn(-c2ccc(C=O)c(Cl)n2)n1)C1(C(F)(F)F)CC1. The van der Waals surface area contributed by atoms with Crippen LogP contribution >= 0.6 is 11.6 Å². The summed E-state index contributed by atoms with van der Waals surface area (Å²) >= 11 is 5.95. The molecule has 0 spiro atoms. The third kappa shape index (κ3) is 4.86. The molecule has 0 aliphatic heterocycles. The summed E-state index contributed by atoms with van der Waals surface area (Å²) < 4.78 is 54.9. The van der Waals surface area contributed by atoms with Gasteiger partial charge in [0.2, 0.25) is 5.88 Å².